The van der Waals surface area contributed by atoms with Crippen LogP contribution in [0.4, 0.5) is 0 Å². The monoisotopic (exact) mass is 263 g/mol. The summed E-state index contributed by atoms with van der Waals surface area (Å²) in [5.41, 5.74) is 0.497. The minimum Gasteiger partial charge on any atom is -0.322 e. The van der Waals surface area contributed by atoms with Gasteiger partial charge in [-0.15, -0.1) is 0 Å². The Bertz CT molecular complexity index is 477. The second-order valence-electron chi connectivity index (χ2n) is 4.40. The Hall–Kier alpha value is -1.60. The zero-order valence-electron chi connectivity index (χ0n) is 9.97. The molecule has 1 amide bonds. The summed E-state index contributed by atoms with van der Waals surface area (Å²) in [5.74, 6) is -0.132. The van der Waals surface area contributed by atoms with Gasteiger partial charge in [0.1, 0.15) is 11.7 Å². The molecule has 1 aromatic rings. The summed E-state index contributed by atoms with van der Waals surface area (Å²) < 4.78 is 0. The first-order valence-corrected chi connectivity index (χ1v) is 6.39. The molecule has 0 saturated heterocycles. The average molecular weight is 264 g/mol. The second-order valence-corrected chi connectivity index (χ2v) is 4.78. The van der Waals surface area contributed by atoms with E-state index in [1.807, 2.05) is 0 Å². The number of carbonyl (C=O) groups excluding carboxylic acids is 1. The van der Waals surface area contributed by atoms with E-state index in [1.54, 1.807) is 17.0 Å². The highest BCUT2D eigenvalue weighted by molar-refractivity contribution is 6.29. The van der Waals surface area contributed by atoms with Crippen LogP contribution >= 0.6 is 11.6 Å². The van der Waals surface area contributed by atoms with Crippen LogP contribution in [0.3, 0.4) is 0 Å². The summed E-state index contributed by atoms with van der Waals surface area (Å²) in [4.78, 5) is 17.9. The molecule has 1 aliphatic rings. The molecular weight excluding hydrogens is 250 g/mol. The Morgan fingerprint density at radius 2 is 2.28 bits per heavy atom. The number of halogens is 1. The molecule has 0 spiro atoms. The molecule has 0 aliphatic heterocycles. The molecule has 1 heterocycles. The lowest BCUT2D eigenvalue weighted by Crippen LogP contribution is -2.39. The molecule has 0 radical (unpaired) electrons. The third-order valence-electron chi connectivity index (χ3n) is 3.24. The molecule has 4 nitrogen and oxygen atoms in total. The van der Waals surface area contributed by atoms with Crippen molar-refractivity contribution < 1.29 is 4.79 Å². The van der Waals surface area contributed by atoms with E-state index in [4.69, 9.17) is 16.9 Å². The lowest BCUT2D eigenvalue weighted by Gasteiger charge is -2.26. The highest BCUT2D eigenvalue weighted by Crippen LogP contribution is 2.25. The fourth-order valence-corrected chi connectivity index (χ4v) is 2.53. The van der Waals surface area contributed by atoms with Crippen molar-refractivity contribution in [3.05, 3.63) is 29.0 Å². The molecule has 0 N–H and O–H groups in total. The van der Waals surface area contributed by atoms with Crippen molar-refractivity contribution in [2.24, 2.45) is 0 Å². The smallest absolute Gasteiger partial charge is 0.255 e. The van der Waals surface area contributed by atoms with Crippen molar-refractivity contribution in [2.45, 2.75) is 31.7 Å². The quantitative estimate of drug-likeness (QED) is 0.622. The Kier molecular flexibility index (Phi) is 4.16. The predicted molar refractivity (Wildman–Crippen MR) is 68.2 cm³/mol. The van der Waals surface area contributed by atoms with E-state index >= 15 is 0 Å². The normalized spacial score (nSPS) is 15.3. The third-order valence-corrected chi connectivity index (χ3v) is 3.45. The van der Waals surface area contributed by atoms with Crippen LogP contribution in [0, 0.1) is 11.3 Å². The van der Waals surface area contributed by atoms with Crippen molar-refractivity contribution in [2.75, 3.05) is 6.54 Å². The van der Waals surface area contributed by atoms with E-state index in [0.29, 0.717) is 10.7 Å². The standard InChI is InChI=1S/C13H14ClN3O/c14-12-9-10(5-7-16-12)13(18)17(8-6-15)11-3-1-2-4-11/h5,7,9,11H,1-4,8H2. The summed E-state index contributed by atoms with van der Waals surface area (Å²) in [6.07, 6.45) is 5.71. The van der Waals surface area contributed by atoms with Gasteiger partial charge in [0.2, 0.25) is 0 Å². The van der Waals surface area contributed by atoms with E-state index in [-0.39, 0.29) is 18.5 Å². The van der Waals surface area contributed by atoms with Crippen molar-refractivity contribution in [3.63, 3.8) is 0 Å². The minimum atomic E-state index is -0.132. The third kappa shape index (κ3) is 2.80. The molecule has 5 heteroatoms. The second kappa shape index (κ2) is 5.83. The van der Waals surface area contributed by atoms with Gasteiger partial charge in [-0.25, -0.2) is 4.98 Å². The Morgan fingerprint density at radius 1 is 1.56 bits per heavy atom. The topological polar surface area (TPSA) is 57.0 Å². The number of carbonyl (C=O) groups is 1. The Morgan fingerprint density at radius 3 is 2.89 bits per heavy atom. The highest BCUT2D eigenvalue weighted by atomic mass is 35.5. The molecule has 0 aromatic carbocycles. The average Bonchev–Trinajstić information content (AvgIpc) is 2.89. The molecule has 1 aliphatic carbocycles. The number of hydrogen-bond acceptors (Lipinski definition) is 3. The van der Waals surface area contributed by atoms with Gasteiger partial charge in [-0.2, -0.15) is 5.26 Å². The van der Waals surface area contributed by atoms with Gasteiger partial charge in [0.15, 0.2) is 0 Å². The first kappa shape index (κ1) is 12.8. The number of amides is 1. The van der Waals surface area contributed by atoms with Gasteiger partial charge in [0.05, 0.1) is 6.07 Å². The molecule has 2 rings (SSSR count). The van der Waals surface area contributed by atoms with Crippen molar-refractivity contribution >= 4 is 17.5 Å². The van der Waals surface area contributed by atoms with Crippen molar-refractivity contribution in [3.8, 4) is 6.07 Å². The Balaban J connectivity index is 2.20. The zero-order valence-corrected chi connectivity index (χ0v) is 10.7. The van der Waals surface area contributed by atoms with E-state index < -0.39 is 0 Å². The van der Waals surface area contributed by atoms with Crippen molar-refractivity contribution in [1.29, 1.82) is 5.26 Å². The predicted octanol–water partition coefficient (Wildman–Crippen LogP) is 2.64. The maximum absolute atomic E-state index is 12.4. The van der Waals surface area contributed by atoms with Crippen LogP contribution in [-0.4, -0.2) is 28.4 Å². The molecule has 0 unspecified atom stereocenters. The van der Waals surface area contributed by atoms with E-state index in [1.165, 1.54) is 6.20 Å². The van der Waals surface area contributed by atoms with Gasteiger partial charge >= 0.3 is 0 Å². The Labute approximate surface area is 111 Å². The fourth-order valence-electron chi connectivity index (χ4n) is 2.36. The zero-order chi connectivity index (χ0) is 13.0. The number of pyridine rings is 1. The molecular formula is C13H14ClN3O. The van der Waals surface area contributed by atoms with Crippen LogP contribution in [0.5, 0.6) is 0 Å². The van der Waals surface area contributed by atoms with Crippen LogP contribution in [0.15, 0.2) is 18.3 Å². The molecule has 0 atom stereocenters. The van der Waals surface area contributed by atoms with Gasteiger partial charge in [0, 0.05) is 17.8 Å². The van der Waals surface area contributed by atoms with E-state index in [2.05, 4.69) is 11.1 Å². The molecule has 1 saturated carbocycles. The number of nitrogens with zero attached hydrogens (tertiary/aromatic N) is 3. The van der Waals surface area contributed by atoms with Gasteiger partial charge in [-0.05, 0) is 25.0 Å². The van der Waals surface area contributed by atoms with Crippen LogP contribution in [0.25, 0.3) is 0 Å². The largest absolute Gasteiger partial charge is 0.322 e. The van der Waals surface area contributed by atoms with Crippen LogP contribution < -0.4 is 0 Å². The summed E-state index contributed by atoms with van der Waals surface area (Å²) in [6.45, 7) is 0.128. The summed E-state index contributed by atoms with van der Waals surface area (Å²) in [5, 5.41) is 9.16. The summed E-state index contributed by atoms with van der Waals surface area (Å²) in [6, 6.07) is 5.43. The molecule has 1 aromatic heterocycles. The molecule has 1 fully saturated rings. The highest BCUT2D eigenvalue weighted by Gasteiger charge is 2.27. The molecule has 94 valence electrons. The number of rotatable bonds is 3. The minimum absolute atomic E-state index is 0.128. The summed E-state index contributed by atoms with van der Waals surface area (Å²) >= 11 is 5.78. The summed E-state index contributed by atoms with van der Waals surface area (Å²) in [7, 11) is 0. The first-order valence-electron chi connectivity index (χ1n) is 6.02. The number of hydrogen-bond donors (Lipinski definition) is 0. The van der Waals surface area contributed by atoms with Crippen LogP contribution in [0.2, 0.25) is 5.15 Å². The van der Waals surface area contributed by atoms with E-state index in [9.17, 15) is 4.79 Å². The van der Waals surface area contributed by atoms with Gasteiger partial charge in [-0.3, -0.25) is 4.79 Å². The maximum atomic E-state index is 12.4. The molecule has 0 bridgehead atoms. The van der Waals surface area contributed by atoms with Crippen LogP contribution in [-0.2, 0) is 0 Å². The van der Waals surface area contributed by atoms with Gasteiger partial charge in [0.25, 0.3) is 5.91 Å². The number of nitriles is 1. The lowest BCUT2D eigenvalue weighted by molar-refractivity contribution is 0.0709. The van der Waals surface area contributed by atoms with E-state index in [0.717, 1.165) is 25.7 Å². The maximum Gasteiger partial charge on any atom is 0.255 e. The molecule has 18 heavy (non-hydrogen) atoms. The van der Waals surface area contributed by atoms with Gasteiger partial charge < -0.3 is 4.90 Å². The number of aromatic nitrogens is 1. The van der Waals surface area contributed by atoms with Crippen LogP contribution in [0.1, 0.15) is 36.0 Å². The SMILES string of the molecule is N#CCN(C(=O)c1ccnc(Cl)c1)C1CCCC1. The first-order chi connectivity index (χ1) is 8.72. The van der Waals surface area contributed by atoms with Gasteiger partial charge in [-0.1, -0.05) is 24.4 Å². The lowest BCUT2D eigenvalue weighted by atomic mass is 10.1. The fraction of sp³-hybridized carbons (Fsp3) is 0.462. The van der Waals surface area contributed by atoms with Crippen molar-refractivity contribution in [1.82, 2.24) is 9.88 Å².